The first kappa shape index (κ1) is 21.1. The Balaban J connectivity index is 1.62. The number of rotatable bonds is 8. The van der Waals surface area contributed by atoms with Gasteiger partial charge in [0.05, 0.1) is 19.9 Å². The summed E-state index contributed by atoms with van der Waals surface area (Å²) >= 11 is 1.44. The molecular formula is C23H21N3O3S. The zero-order valence-corrected chi connectivity index (χ0v) is 17.5. The maximum atomic E-state index is 12.4. The molecular weight excluding hydrogens is 398 g/mol. The summed E-state index contributed by atoms with van der Waals surface area (Å²) in [7, 11) is 3.23. The second-order valence-corrected chi connectivity index (χ2v) is 7.19. The highest BCUT2D eigenvalue weighted by Crippen LogP contribution is 2.27. The largest absolute Gasteiger partial charge is 0.497 e. The quantitative estimate of drug-likeness (QED) is 0.439. The fourth-order valence-electron chi connectivity index (χ4n) is 2.75. The molecule has 7 heteroatoms. The van der Waals surface area contributed by atoms with Crippen LogP contribution in [0.1, 0.15) is 11.3 Å². The molecule has 6 nitrogen and oxygen atoms in total. The number of hydrogen-bond donors (Lipinski definition) is 1. The molecule has 3 rings (SSSR count). The highest BCUT2D eigenvalue weighted by Gasteiger charge is 2.11. The maximum absolute atomic E-state index is 12.4. The topological polar surface area (TPSA) is 84.2 Å². The van der Waals surface area contributed by atoms with E-state index in [0.29, 0.717) is 18.7 Å². The van der Waals surface area contributed by atoms with Gasteiger partial charge in [0.25, 0.3) is 5.91 Å². The third kappa shape index (κ3) is 5.46. The SMILES string of the molecule is COc1ccc(CCNC(=O)/C(C#N)=C/c2csc(-c3cccc(OC)c3)n2)cc1. The summed E-state index contributed by atoms with van der Waals surface area (Å²) in [5.41, 5.74) is 2.58. The van der Waals surface area contributed by atoms with E-state index in [9.17, 15) is 10.1 Å². The van der Waals surface area contributed by atoms with E-state index in [1.165, 1.54) is 17.4 Å². The summed E-state index contributed by atoms with van der Waals surface area (Å²) in [6.07, 6.45) is 2.16. The predicted molar refractivity (Wildman–Crippen MR) is 117 cm³/mol. The number of methoxy groups -OCH3 is 2. The van der Waals surface area contributed by atoms with E-state index in [0.717, 1.165) is 27.6 Å². The molecule has 0 bridgehead atoms. The first-order valence-electron chi connectivity index (χ1n) is 9.26. The molecule has 0 radical (unpaired) electrons. The minimum absolute atomic E-state index is 0.0206. The zero-order chi connectivity index (χ0) is 21.3. The van der Waals surface area contributed by atoms with Crippen molar-refractivity contribution in [2.24, 2.45) is 0 Å². The van der Waals surface area contributed by atoms with Gasteiger partial charge >= 0.3 is 0 Å². The van der Waals surface area contributed by atoms with Gasteiger partial charge in [-0.2, -0.15) is 5.26 Å². The molecule has 152 valence electrons. The van der Waals surface area contributed by atoms with Crippen molar-refractivity contribution in [1.29, 1.82) is 5.26 Å². The summed E-state index contributed by atoms with van der Waals surface area (Å²) in [6, 6.07) is 17.2. The minimum Gasteiger partial charge on any atom is -0.497 e. The molecule has 2 aromatic carbocycles. The molecule has 0 saturated carbocycles. The van der Waals surface area contributed by atoms with Crippen molar-refractivity contribution in [2.45, 2.75) is 6.42 Å². The van der Waals surface area contributed by atoms with E-state index in [-0.39, 0.29) is 5.57 Å². The van der Waals surface area contributed by atoms with Gasteiger partial charge in [-0.05, 0) is 42.3 Å². The van der Waals surface area contributed by atoms with Crippen LogP contribution in [-0.4, -0.2) is 31.7 Å². The lowest BCUT2D eigenvalue weighted by Crippen LogP contribution is -2.26. The molecule has 30 heavy (non-hydrogen) atoms. The molecule has 0 aliphatic carbocycles. The Morgan fingerprint density at radius 1 is 1.17 bits per heavy atom. The van der Waals surface area contributed by atoms with Gasteiger partial charge in [0.1, 0.15) is 28.1 Å². The molecule has 1 aromatic heterocycles. The molecule has 0 atom stereocenters. The number of benzene rings is 2. The zero-order valence-electron chi connectivity index (χ0n) is 16.7. The summed E-state index contributed by atoms with van der Waals surface area (Å²) in [5, 5.41) is 14.8. The average Bonchev–Trinajstić information content (AvgIpc) is 3.26. The number of carbonyl (C=O) groups is 1. The van der Waals surface area contributed by atoms with Crippen LogP contribution in [0, 0.1) is 11.3 Å². The number of ether oxygens (including phenoxy) is 2. The molecule has 0 fully saturated rings. The van der Waals surface area contributed by atoms with Crippen LogP contribution < -0.4 is 14.8 Å². The molecule has 0 spiro atoms. The molecule has 1 amide bonds. The number of nitriles is 1. The molecule has 0 aliphatic rings. The van der Waals surface area contributed by atoms with Gasteiger partial charge in [-0.3, -0.25) is 4.79 Å². The third-order valence-electron chi connectivity index (χ3n) is 4.35. The van der Waals surface area contributed by atoms with Crippen molar-refractivity contribution < 1.29 is 14.3 Å². The molecule has 0 aliphatic heterocycles. The van der Waals surface area contributed by atoms with E-state index >= 15 is 0 Å². The molecule has 0 saturated heterocycles. The Bertz CT molecular complexity index is 1080. The lowest BCUT2D eigenvalue weighted by Gasteiger charge is -2.05. The fraction of sp³-hybridized carbons (Fsp3) is 0.174. The van der Waals surface area contributed by atoms with Crippen LogP contribution in [-0.2, 0) is 11.2 Å². The number of amides is 1. The number of carbonyl (C=O) groups excluding carboxylic acids is 1. The molecule has 3 aromatic rings. The number of nitrogens with one attached hydrogen (secondary N) is 1. The van der Waals surface area contributed by atoms with Crippen LogP contribution in [0.2, 0.25) is 0 Å². The van der Waals surface area contributed by atoms with Gasteiger partial charge in [-0.25, -0.2) is 4.98 Å². The number of thiazole rings is 1. The van der Waals surface area contributed by atoms with E-state index < -0.39 is 5.91 Å². The highest BCUT2D eigenvalue weighted by molar-refractivity contribution is 7.13. The van der Waals surface area contributed by atoms with Crippen molar-refractivity contribution in [2.75, 3.05) is 20.8 Å². The fourth-order valence-corrected chi connectivity index (χ4v) is 3.52. The Morgan fingerprint density at radius 2 is 1.93 bits per heavy atom. The van der Waals surface area contributed by atoms with Crippen LogP contribution in [0.4, 0.5) is 0 Å². The number of nitrogens with zero attached hydrogens (tertiary/aromatic N) is 2. The second-order valence-electron chi connectivity index (χ2n) is 6.33. The molecule has 0 unspecified atom stereocenters. The van der Waals surface area contributed by atoms with Crippen LogP contribution >= 0.6 is 11.3 Å². The smallest absolute Gasteiger partial charge is 0.262 e. The standard InChI is InChI=1S/C23H21N3O3S/c1-28-20-8-6-16(7-9-20)10-11-25-22(27)18(14-24)12-19-15-30-23(26-19)17-4-3-5-21(13-17)29-2/h3-9,12-13,15H,10-11H2,1-2H3,(H,25,27)/b18-12+. The first-order valence-corrected chi connectivity index (χ1v) is 10.1. The summed E-state index contributed by atoms with van der Waals surface area (Å²) in [6.45, 7) is 0.427. The molecule has 1 heterocycles. The van der Waals surface area contributed by atoms with Crippen molar-refractivity contribution in [3.8, 4) is 28.1 Å². The monoisotopic (exact) mass is 419 g/mol. The van der Waals surface area contributed by atoms with Gasteiger partial charge in [-0.1, -0.05) is 24.3 Å². The normalized spacial score (nSPS) is 10.9. The molecule has 1 N–H and O–H groups in total. The third-order valence-corrected chi connectivity index (χ3v) is 5.26. The van der Waals surface area contributed by atoms with Crippen molar-refractivity contribution in [3.05, 3.63) is 70.7 Å². The van der Waals surface area contributed by atoms with E-state index in [1.54, 1.807) is 14.2 Å². The van der Waals surface area contributed by atoms with Gasteiger partial charge in [0, 0.05) is 17.5 Å². The van der Waals surface area contributed by atoms with Crippen LogP contribution in [0.25, 0.3) is 16.6 Å². The van der Waals surface area contributed by atoms with Crippen LogP contribution in [0.5, 0.6) is 11.5 Å². The van der Waals surface area contributed by atoms with Crippen LogP contribution in [0.3, 0.4) is 0 Å². The lowest BCUT2D eigenvalue weighted by atomic mass is 10.1. The Hall–Kier alpha value is -3.63. The van der Waals surface area contributed by atoms with E-state index in [2.05, 4.69) is 10.3 Å². The highest BCUT2D eigenvalue weighted by atomic mass is 32.1. The van der Waals surface area contributed by atoms with E-state index in [1.807, 2.05) is 60.0 Å². The number of hydrogen-bond acceptors (Lipinski definition) is 6. The van der Waals surface area contributed by atoms with Crippen molar-refractivity contribution in [1.82, 2.24) is 10.3 Å². The first-order chi connectivity index (χ1) is 14.6. The maximum Gasteiger partial charge on any atom is 0.262 e. The Kier molecular flexibility index (Phi) is 7.19. The van der Waals surface area contributed by atoms with E-state index in [4.69, 9.17) is 9.47 Å². The van der Waals surface area contributed by atoms with Gasteiger partial charge < -0.3 is 14.8 Å². The van der Waals surface area contributed by atoms with Crippen LogP contribution in [0.15, 0.2) is 59.5 Å². The summed E-state index contributed by atoms with van der Waals surface area (Å²) in [5.74, 6) is 1.12. The second kappa shape index (κ2) is 10.2. The lowest BCUT2D eigenvalue weighted by molar-refractivity contribution is -0.117. The minimum atomic E-state index is -0.415. The predicted octanol–water partition coefficient (Wildman–Crippen LogP) is 4.09. The Labute approximate surface area is 179 Å². The van der Waals surface area contributed by atoms with Gasteiger partial charge in [0.15, 0.2) is 0 Å². The Morgan fingerprint density at radius 3 is 2.63 bits per heavy atom. The average molecular weight is 420 g/mol. The number of aromatic nitrogens is 1. The summed E-state index contributed by atoms with van der Waals surface area (Å²) in [4.78, 5) is 16.9. The van der Waals surface area contributed by atoms with Crippen molar-refractivity contribution in [3.63, 3.8) is 0 Å². The van der Waals surface area contributed by atoms with Gasteiger partial charge in [0.2, 0.25) is 0 Å². The van der Waals surface area contributed by atoms with Crippen molar-refractivity contribution >= 4 is 23.3 Å². The summed E-state index contributed by atoms with van der Waals surface area (Å²) < 4.78 is 10.4. The van der Waals surface area contributed by atoms with Gasteiger partial charge in [-0.15, -0.1) is 11.3 Å².